The van der Waals surface area contributed by atoms with Crippen molar-refractivity contribution in [2.24, 2.45) is 10.8 Å². The van der Waals surface area contributed by atoms with Crippen LogP contribution in [0.15, 0.2) is 47.2 Å². The smallest absolute Gasteiger partial charge is 0.329 e. The number of nitrogens with one attached hydrogen (secondary N) is 1. The first-order chi connectivity index (χ1) is 14.1. The summed E-state index contributed by atoms with van der Waals surface area (Å²) in [6, 6.07) is 2.23. The van der Waals surface area contributed by atoms with E-state index in [4.69, 9.17) is 4.74 Å². The maximum atomic E-state index is 13.7. The van der Waals surface area contributed by atoms with Crippen molar-refractivity contribution >= 4 is 22.1 Å². The minimum atomic E-state index is -0.102. The molecule has 3 aliphatic rings. The fourth-order valence-corrected chi connectivity index (χ4v) is 6.33. The number of aromatic nitrogens is 4. The molecule has 6 nitrogen and oxygen atoms in total. The summed E-state index contributed by atoms with van der Waals surface area (Å²) in [5, 5.41) is 1.04. The molecule has 2 bridgehead atoms. The lowest BCUT2D eigenvalue weighted by Crippen LogP contribution is -2.48. The molecule has 6 heteroatoms. The van der Waals surface area contributed by atoms with Gasteiger partial charge in [-0.25, -0.2) is 9.78 Å². The summed E-state index contributed by atoms with van der Waals surface area (Å²) in [6.45, 7) is 3.10. The fourth-order valence-electron chi connectivity index (χ4n) is 6.33. The second-order valence-electron chi connectivity index (χ2n) is 9.15. The van der Waals surface area contributed by atoms with E-state index in [1.807, 2.05) is 17.0 Å². The Morgan fingerprint density at radius 3 is 3.03 bits per heavy atom. The predicted molar refractivity (Wildman–Crippen MR) is 113 cm³/mol. The molecule has 0 amide bonds. The number of methoxy groups -OCH3 is 1. The van der Waals surface area contributed by atoms with Crippen molar-refractivity contribution in [1.82, 2.24) is 19.1 Å². The van der Waals surface area contributed by atoms with Gasteiger partial charge in [0, 0.05) is 29.6 Å². The molecule has 2 aliphatic carbocycles. The highest BCUT2D eigenvalue weighted by molar-refractivity contribution is 6.01. The van der Waals surface area contributed by atoms with Gasteiger partial charge in [0.15, 0.2) is 0 Å². The van der Waals surface area contributed by atoms with Crippen LogP contribution in [0.4, 0.5) is 0 Å². The third-order valence-corrected chi connectivity index (χ3v) is 8.03. The largest absolute Gasteiger partial charge is 0.497 e. The van der Waals surface area contributed by atoms with Crippen molar-refractivity contribution in [2.45, 2.75) is 51.6 Å². The molecule has 1 saturated carbocycles. The Morgan fingerprint density at radius 2 is 2.24 bits per heavy atom. The van der Waals surface area contributed by atoms with Crippen LogP contribution in [0.5, 0.6) is 0 Å². The SMILES string of the molecule is COC1=CCC2(C=C1)Cn1c(=O)n(c3c4cc[nH]c4ncc31)[C@H]1CCCC[C@@]12C. The summed E-state index contributed by atoms with van der Waals surface area (Å²) in [7, 11) is 1.72. The van der Waals surface area contributed by atoms with E-state index in [1.54, 1.807) is 7.11 Å². The molecule has 1 unspecified atom stereocenters. The van der Waals surface area contributed by atoms with Crippen LogP contribution < -0.4 is 5.69 Å². The summed E-state index contributed by atoms with van der Waals surface area (Å²) >= 11 is 0. The number of hydrogen-bond donors (Lipinski definition) is 1. The number of imidazole rings is 1. The number of fused-ring (bicyclic) bond motifs is 10. The Bertz CT molecular complexity index is 1260. The fraction of sp³-hybridized carbons (Fsp3) is 0.478. The van der Waals surface area contributed by atoms with Gasteiger partial charge in [-0.2, -0.15) is 0 Å². The maximum Gasteiger partial charge on any atom is 0.329 e. The van der Waals surface area contributed by atoms with Gasteiger partial charge in [0.1, 0.15) is 11.4 Å². The first-order valence-corrected chi connectivity index (χ1v) is 10.6. The van der Waals surface area contributed by atoms with Gasteiger partial charge < -0.3 is 9.72 Å². The summed E-state index contributed by atoms with van der Waals surface area (Å²) in [6.07, 6.45) is 15.9. The minimum absolute atomic E-state index is 0.00548. The van der Waals surface area contributed by atoms with Crippen LogP contribution in [0.2, 0.25) is 0 Å². The first-order valence-electron chi connectivity index (χ1n) is 10.6. The van der Waals surface area contributed by atoms with Crippen molar-refractivity contribution in [3.8, 4) is 0 Å². The van der Waals surface area contributed by atoms with E-state index in [0.717, 1.165) is 47.1 Å². The molecular weight excluding hydrogens is 364 g/mol. The number of aromatic amines is 1. The molecular formula is C23H26N4O2. The van der Waals surface area contributed by atoms with Crippen LogP contribution in [0.3, 0.4) is 0 Å². The third-order valence-electron chi connectivity index (χ3n) is 8.03. The van der Waals surface area contributed by atoms with Gasteiger partial charge >= 0.3 is 5.69 Å². The molecule has 0 saturated heterocycles. The van der Waals surface area contributed by atoms with Gasteiger partial charge in [-0.05, 0) is 42.9 Å². The van der Waals surface area contributed by atoms with Crippen molar-refractivity contribution in [3.63, 3.8) is 0 Å². The zero-order valence-electron chi connectivity index (χ0n) is 16.9. The Labute approximate surface area is 168 Å². The highest BCUT2D eigenvalue weighted by atomic mass is 16.5. The quantitative estimate of drug-likeness (QED) is 0.674. The van der Waals surface area contributed by atoms with Crippen molar-refractivity contribution < 1.29 is 4.74 Å². The molecule has 1 aliphatic heterocycles. The van der Waals surface area contributed by atoms with E-state index in [1.165, 1.54) is 12.8 Å². The van der Waals surface area contributed by atoms with Crippen LogP contribution in [-0.2, 0) is 11.3 Å². The molecule has 1 N–H and O–H groups in total. The Morgan fingerprint density at radius 1 is 1.34 bits per heavy atom. The number of pyridine rings is 1. The van der Waals surface area contributed by atoms with Crippen molar-refractivity contribution in [1.29, 1.82) is 0 Å². The highest BCUT2D eigenvalue weighted by Gasteiger charge is 2.55. The molecule has 150 valence electrons. The topological polar surface area (TPSA) is 64.8 Å². The lowest BCUT2D eigenvalue weighted by molar-refractivity contribution is -0.00243. The first kappa shape index (κ1) is 17.1. The van der Waals surface area contributed by atoms with Gasteiger partial charge in [0.2, 0.25) is 0 Å². The molecule has 0 radical (unpaired) electrons. The van der Waals surface area contributed by atoms with Gasteiger partial charge in [-0.15, -0.1) is 0 Å². The highest BCUT2D eigenvalue weighted by Crippen LogP contribution is 2.60. The van der Waals surface area contributed by atoms with E-state index >= 15 is 0 Å². The molecule has 3 aromatic heterocycles. The normalized spacial score (nSPS) is 31.1. The number of allylic oxidation sites excluding steroid dienone is 3. The molecule has 1 fully saturated rings. The predicted octanol–water partition coefficient (Wildman–Crippen LogP) is 4.29. The number of hydrogen-bond acceptors (Lipinski definition) is 3. The standard InChI is InChI=1S/C23H26N4O2/c1-22-9-4-3-5-18(22)27-19-16-8-12-24-20(16)25-13-17(19)26(21(27)28)14-23(22)10-6-15(29-2)7-11-23/h6-8,10,12-13,18H,3-5,9,11,14H2,1-2H3,(H,24,25)/t18-,22-,23?/m0/s1. The van der Waals surface area contributed by atoms with E-state index in [2.05, 4.69) is 45.8 Å². The monoisotopic (exact) mass is 390 g/mol. The minimum Gasteiger partial charge on any atom is -0.497 e. The van der Waals surface area contributed by atoms with Gasteiger partial charge in [0.05, 0.1) is 24.3 Å². The lowest BCUT2D eigenvalue weighted by Gasteiger charge is -2.54. The Balaban J connectivity index is 1.68. The number of ether oxygens (including phenoxy) is 1. The summed E-state index contributed by atoms with van der Waals surface area (Å²) < 4.78 is 9.57. The Kier molecular flexibility index (Phi) is 3.34. The van der Waals surface area contributed by atoms with Crippen LogP contribution in [0.25, 0.3) is 22.1 Å². The van der Waals surface area contributed by atoms with Crippen LogP contribution in [0, 0.1) is 10.8 Å². The zero-order valence-corrected chi connectivity index (χ0v) is 16.9. The molecule has 0 aromatic carbocycles. The summed E-state index contributed by atoms with van der Waals surface area (Å²) in [4.78, 5) is 21.5. The van der Waals surface area contributed by atoms with Crippen molar-refractivity contribution in [2.75, 3.05) is 7.11 Å². The van der Waals surface area contributed by atoms with E-state index < -0.39 is 0 Å². The van der Waals surface area contributed by atoms with E-state index in [9.17, 15) is 4.79 Å². The van der Waals surface area contributed by atoms with Gasteiger partial charge in [-0.3, -0.25) is 9.13 Å². The second-order valence-corrected chi connectivity index (χ2v) is 9.15. The second kappa shape index (κ2) is 5.65. The molecule has 4 heterocycles. The third kappa shape index (κ3) is 2.02. The molecule has 6 rings (SSSR count). The van der Waals surface area contributed by atoms with E-state index in [0.29, 0.717) is 6.54 Å². The van der Waals surface area contributed by atoms with Crippen LogP contribution in [-0.4, -0.2) is 26.2 Å². The maximum absolute atomic E-state index is 13.7. The zero-order chi connectivity index (χ0) is 19.8. The molecule has 1 spiro atoms. The number of nitrogens with zero attached hydrogens (tertiary/aromatic N) is 3. The Hall–Kier alpha value is -2.76. The lowest BCUT2D eigenvalue weighted by atomic mass is 9.53. The average molecular weight is 390 g/mol. The van der Waals surface area contributed by atoms with E-state index in [-0.39, 0.29) is 22.6 Å². The van der Waals surface area contributed by atoms with Crippen molar-refractivity contribution in [3.05, 3.63) is 52.9 Å². The summed E-state index contributed by atoms with van der Waals surface area (Å²) in [5.41, 5.74) is 2.86. The molecule has 3 aromatic rings. The molecule has 3 atom stereocenters. The molecule has 29 heavy (non-hydrogen) atoms. The van der Waals surface area contributed by atoms with Crippen LogP contribution >= 0.6 is 0 Å². The van der Waals surface area contributed by atoms with Gasteiger partial charge in [-0.1, -0.05) is 25.8 Å². The van der Waals surface area contributed by atoms with Crippen LogP contribution in [0.1, 0.15) is 45.1 Å². The number of H-pyrrole nitrogens is 1. The van der Waals surface area contributed by atoms with Gasteiger partial charge in [0.25, 0.3) is 0 Å². The average Bonchev–Trinajstić information content (AvgIpc) is 3.30. The number of rotatable bonds is 1. The summed E-state index contributed by atoms with van der Waals surface area (Å²) in [5.74, 6) is 0.915.